The Balaban J connectivity index is 1.04. The lowest BCUT2D eigenvalue weighted by molar-refractivity contribution is -0.148. The fourth-order valence-electron chi connectivity index (χ4n) is 10.4. The van der Waals surface area contributed by atoms with Gasteiger partial charge >= 0.3 is 12.1 Å². The van der Waals surface area contributed by atoms with Gasteiger partial charge in [0.15, 0.2) is 6.10 Å². The van der Waals surface area contributed by atoms with E-state index < -0.39 is 96.2 Å². The van der Waals surface area contributed by atoms with Gasteiger partial charge in [0.1, 0.15) is 93.8 Å². The van der Waals surface area contributed by atoms with Gasteiger partial charge in [-0.1, -0.05) is 49.4 Å². The van der Waals surface area contributed by atoms with Crippen LogP contribution >= 0.6 is 68.0 Å². The Morgan fingerprint density at radius 3 is 2.06 bits per heavy atom. The Bertz CT molecular complexity index is 4300. The van der Waals surface area contributed by atoms with Gasteiger partial charge in [0.2, 0.25) is 11.8 Å². The number of likely N-dealkylation sites (N-methyl/N-ethyl adjacent to an activating group) is 1. The van der Waals surface area contributed by atoms with Crippen molar-refractivity contribution in [1.82, 2.24) is 66.0 Å². The topological polar surface area (TPSA) is 361 Å². The van der Waals surface area contributed by atoms with Crippen molar-refractivity contribution in [3.8, 4) is 49.1 Å². The molecule has 9 heterocycles. The number of carbonyl (C=O) groups is 8. The summed E-state index contributed by atoms with van der Waals surface area (Å²) in [6.45, 7) is 5.40. The number of hydrogen-bond donors (Lipinski definition) is 6. The molecule has 1 fully saturated rings. The van der Waals surface area contributed by atoms with Crippen LogP contribution in [0.2, 0.25) is 0 Å². The smallest absolute Gasteiger partial charge is 0.407 e. The molecule has 2 aliphatic rings. The van der Waals surface area contributed by atoms with Gasteiger partial charge in [-0.3, -0.25) is 33.6 Å². The van der Waals surface area contributed by atoms with E-state index in [-0.39, 0.29) is 52.3 Å². The number of pyridine rings is 1. The predicted octanol–water partition coefficient (Wildman–Crippen LogP) is 7.56. The van der Waals surface area contributed by atoms with E-state index in [0.29, 0.717) is 76.7 Å². The number of nitrogens with zero attached hydrogens (tertiary/aromatic N) is 9. The average Bonchev–Trinajstić information content (AvgIpc) is 1.78. The standard InChI is InChI=1S/C61H59N15O11S6/c1-28-43(86-30(3)77)22-76-48(28)59-72-42(27-92-59)56-68-38(23-89-56)46-34(16-17-35(65-46)55-69-39(24-90-55)50(63)79)54-70-40(25-88-54)51(80)66-36(21-44(62)78)57-74-45(29(2)93-57)53(82)73-47(49(32-10-8-7-9-11-32)87-61(84)64-18-19-75(4)5)58-71-41(26-91-58)52(81)67-37(60(76)83)20-31-12-14-33(85-6)15-13-31/h7-17,23-28,36-37,43,47-49H,18-22H2,1-6H3,(H2,62,78)(H2,63,79)(H,64,84)(H,66,80)(H,67,81)(H,73,82)/t28-,36-,37-,43-,47-,48-,49+/m0/s1. The van der Waals surface area contributed by atoms with Gasteiger partial charge in [0.25, 0.3) is 23.6 Å². The molecule has 7 amide bonds. The number of carbonyl (C=O) groups excluding carboxylic acids is 8. The molecule has 0 aliphatic carbocycles. The monoisotopic (exact) mass is 1370 g/mol. The molecular formula is C61H59N15O11S6. The summed E-state index contributed by atoms with van der Waals surface area (Å²) in [4.78, 5) is 149. The van der Waals surface area contributed by atoms with Crippen molar-refractivity contribution in [3.63, 3.8) is 0 Å². The summed E-state index contributed by atoms with van der Waals surface area (Å²) in [7, 11) is 5.22. The lowest BCUT2D eigenvalue weighted by atomic mass is 10.00. The van der Waals surface area contributed by atoms with Crippen LogP contribution in [0.3, 0.4) is 0 Å². The minimum Gasteiger partial charge on any atom is -0.497 e. The number of fused-ring (bicyclic) bond motifs is 16. The maximum atomic E-state index is 15.6. The number of ether oxygens (including phenoxy) is 3. The first-order valence-electron chi connectivity index (χ1n) is 28.7. The first-order valence-corrected chi connectivity index (χ1v) is 33.9. The summed E-state index contributed by atoms with van der Waals surface area (Å²) >= 11 is 6.85. The molecule has 0 unspecified atom stereocenters. The number of thiazole rings is 6. The summed E-state index contributed by atoms with van der Waals surface area (Å²) in [5.74, 6) is -4.78. The largest absolute Gasteiger partial charge is 0.497 e. The third-order valence-corrected chi connectivity index (χ3v) is 20.5. The van der Waals surface area contributed by atoms with Crippen molar-refractivity contribution < 1.29 is 52.6 Å². The van der Waals surface area contributed by atoms with Crippen LogP contribution in [0.1, 0.15) is 117 Å². The van der Waals surface area contributed by atoms with E-state index >= 15 is 4.79 Å². The number of hydrogen-bond acceptors (Lipinski definition) is 25. The molecule has 32 heteroatoms. The summed E-state index contributed by atoms with van der Waals surface area (Å²) in [6.07, 6.45) is -3.35. The Labute approximate surface area is 555 Å². The molecular weight excluding hydrogens is 1310 g/mol. The van der Waals surface area contributed by atoms with Crippen LogP contribution < -0.4 is 37.5 Å². The number of rotatable bonds is 14. The van der Waals surface area contributed by atoms with E-state index in [1.807, 2.05) is 25.9 Å². The number of nitrogens with one attached hydrogen (secondary N) is 4. The minimum atomic E-state index is -1.32. The second kappa shape index (κ2) is 28.3. The number of benzene rings is 2. The second-order valence-electron chi connectivity index (χ2n) is 21.8. The van der Waals surface area contributed by atoms with E-state index in [1.54, 1.807) is 89.3 Å². The highest BCUT2D eigenvalue weighted by Crippen LogP contribution is 2.44. The first kappa shape index (κ1) is 65.2. The number of methoxy groups -OCH3 is 1. The summed E-state index contributed by atoms with van der Waals surface area (Å²) in [5.41, 5.74) is 14.3. The van der Waals surface area contributed by atoms with Gasteiger partial charge in [-0.05, 0) is 56.4 Å². The van der Waals surface area contributed by atoms with Crippen molar-refractivity contribution in [2.45, 2.75) is 70.0 Å². The first-order chi connectivity index (χ1) is 44.7. The van der Waals surface area contributed by atoms with Gasteiger partial charge in [-0.15, -0.1) is 68.0 Å². The summed E-state index contributed by atoms with van der Waals surface area (Å²) < 4.78 is 17.5. The molecule has 7 aromatic heterocycles. The number of aryl methyl sites for hydroxylation is 1. The molecule has 2 aliphatic heterocycles. The van der Waals surface area contributed by atoms with Crippen molar-refractivity contribution >= 4 is 116 Å². The Morgan fingerprint density at radius 2 is 1.35 bits per heavy atom. The lowest BCUT2D eigenvalue weighted by Crippen LogP contribution is -2.50. The maximum absolute atomic E-state index is 15.6. The van der Waals surface area contributed by atoms with Crippen LogP contribution in [0, 0.1) is 12.8 Å². The molecule has 0 saturated carbocycles. The second-order valence-corrected chi connectivity index (χ2v) is 27.4. The number of nitrogens with two attached hydrogens (primary N) is 2. The van der Waals surface area contributed by atoms with Crippen molar-refractivity contribution in [1.29, 1.82) is 0 Å². The van der Waals surface area contributed by atoms with Crippen molar-refractivity contribution in [2.24, 2.45) is 17.4 Å². The maximum Gasteiger partial charge on any atom is 0.407 e. The Morgan fingerprint density at radius 1 is 0.699 bits per heavy atom. The molecule has 0 spiro atoms. The van der Waals surface area contributed by atoms with Crippen LogP contribution in [0.4, 0.5) is 4.79 Å². The van der Waals surface area contributed by atoms with Crippen LogP contribution in [0.5, 0.6) is 5.75 Å². The third-order valence-electron chi connectivity index (χ3n) is 15.0. The fourth-order valence-corrected chi connectivity index (χ4v) is 15.8. The highest BCUT2D eigenvalue weighted by atomic mass is 32.1. The number of aromatic nitrogens is 7. The normalized spacial score (nSPS) is 18.8. The number of alkyl carbamates (subject to hydrolysis) is 1. The van der Waals surface area contributed by atoms with Crippen LogP contribution in [0.15, 0.2) is 93.6 Å². The summed E-state index contributed by atoms with van der Waals surface area (Å²) in [6, 6.07) is 14.5. The Kier molecular flexibility index (Phi) is 19.8. The molecule has 9 aromatic rings. The van der Waals surface area contributed by atoms with Crippen LogP contribution in [0.25, 0.3) is 43.4 Å². The number of amides is 7. The molecule has 1 saturated heterocycles. The van der Waals surface area contributed by atoms with Gasteiger partial charge < -0.3 is 56.7 Å². The molecule has 480 valence electrons. The van der Waals surface area contributed by atoms with E-state index in [2.05, 4.69) is 26.3 Å². The molecule has 2 aromatic carbocycles. The van der Waals surface area contributed by atoms with Gasteiger partial charge in [-0.2, -0.15) is 0 Å². The van der Waals surface area contributed by atoms with Crippen molar-refractivity contribution in [3.05, 3.63) is 147 Å². The van der Waals surface area contributed by atoms with Crippen LogP contribution in [-0.4, -0.2) is 145 Å². The lowest BCUT2D eigenvalue weighted by Gasteiger charge is -2.29. The SMILES string of the molecule is COc1ccc(C[C@@H]2NC(=O)c3csc(n3)[C@H]([C@H](OC(=O)NCCN(C)C)c3ccccc3)NC(=O)c3nc(sc3C)[C@H](CC(N)=O)NC(=O)c3csc(n3)-c3ccc(-c4nc(C(N)=O)cs4)nc3-c3csc(n3)-c3csc(n3)[C@@H]3[C@@H](C)[C@@H](OC(C)=O)CN3C2=O)cc1. The molecule has 7 atom stereocenters. The third kappa shape index (κ3) is 14.8. The molecule has 11 rings (SSSR count). The summed E-state index contributed by atoms with van der Waals surface area (Å²) in [5, 5.41) is 21.6. The highest BCUT2D eigenvalue weighted by Gasteiger charge is 2.48. The van der Waals surface area contributed by atoms with Gasteiger partial charge in [0, 0.05) is 69.7 Å². The zero-order valence-electron chi connectivity index (χ0n) is 50.4. The Hall–Kier alpha value is -9.31. The average molecular weight is 1370 g/mol. The zero-order chi connectivity index (χ0) is 65.8. The van der Waals surface area contributed by atoms with Gasteiger partial charge in [-0.25, -0.2) is 39.7 Å². The molecule has 10 bridgehead atoms. The minimum absolute atomic E-state index is 0.0225. The number of esters is 1. The molecule has 93 heavy (non-hydrogen) atoms. The van der Waals surface area contributed by atoms with E-state index in [9.17, 15) is 33.6 Å². The zero-order valence-corrected chi connectivity index (χ0v) is 55.3. The molecule has 8 N–H and O–H groups in total. The van der Waals surface area contributed by atoms with E-state index in [0.717, 1.165) is 45.3 Å². The predicted molar refractivity (Wildman–Crippen MR) is 350 cm³/mol. The molecule has 0 radical (unpaired) electrons. The molecule has 26 nitrogen and oxygen atoms in total. The van der Waals surface area contributed by atoms with Crippen LogP contribution in [-0.2, 0) is 30.3 Å². The van der Waals surface area contributed by atoms with E-state index in [4.69, 9.17) is 55.6 Å². The van der Waals surface area contributed by atoms with Crippen molar-refractivity contribution in [2.75, 3.05) is 40.8 Å². The van der Waals surface area contributed by atoms with E-state index in [1.165, 1.54) is 52.8 Å². The van der Waals surface area contributed by atoms with Gasteiger partial charge in [0.05, 0.1) is 37.9 Å². The highest BCUT2D eigenvalue weighted by molar-refractivity contribution is 7.15. The fraction of sp³-hybridized carbons (Fsp3) is 0.295. The quantitative estimate of drug-likeness (QED) is 0.0572. The number of primary amides is 2.